The lowest BCUT2D eigenvalue weighted by atomic mass is 9.95. The number of nitriles is 1. The zero-order valence-electron chi connectivity index (χ0n) is 11.1. The van der Waals surface area contributed by atoms with Gasteiger partial charge in [-0.1, -0.05) is 31.0 Å². The van der Waals surface area contributed by atoms with Crippen LogP contribution in [0.15, 0.2) is 17.4 Å². The molecular formula is C14H18N4S. The fraction of sp³-hybridized carbons (Fsp3) is 0.500. The van der Waals surface area contributed by atoms with Crippen LogP contribution in [0.5, 0.6) is 0 Å². The maximum atomic E-state index is 8.64. The molecule has 100 valence electrons. The van der Waals surface area contributed by atoms with E-state index in [4.69, 9.17) is 5.26 Å². The third-order valence-electron chi connectivity index (χ3n) is 3.26. The second kappa shape index (κ2) is 7.15. The van der Waals surface area contributed by atoms with Crippen LogP contribution in [-0.4, -0.2) is 22.3 Å². The van der Waals surface area contributed by atoms with E-state index in [9.17, 15) is 0 Å². The molecule has 19 heavy (non-hydrogen) atoms. The van der Waals surface area contributed by atoms with Gasteiger partial charge in [0, 0.05) is 23.9 Å². The first kappa shape index (κ1) is 13.9. The molecule has 0 saturated heterocycles. The van der Waals surface area contributed by atoms with Gasteiger partial charge in [0.15, 0.2) is 5.16 Å². The third kappa shape index (κ3) is 3.97. The topological polar surface area (TPSA) is 61.6 Å². The molecular weight excluding hydrogens is 256 g/mol. The van der Waals surface area contributed by atoms with E-state index in [0.29, 0.717) is 6.04 Å². The largest absolute Gasteiger partial charge is 0.367 e. The van der Waals surface area contributed by atoms with Crippen molar-refractivity contribution in [1.29, 1.82) is 5.26 Å². The normalized spacial score (nSPS) is 16.4. The maximum absolute atomic E-state index is 8.64. The molecule has 1 aliphatic carbocycles. The quantitative estimate of drug-likeness (QED) is 0.517. The smallest absolute Gasteiger partial charge is 0.189 e. The van der Waals surface area contributed by atoms with Gasteiger partial charge in [0.2, 0.25) is 0 Å². The van der Waals surface area contributed by atoms with Crippen LogP contribution in [0.25, 0.3) is 6.08 Å². The predicted octanol–water partition coefficient (Wildman–Crippen LogP) is 3.48. The van der Waals surface area contributed by atoms with Crippen molar-refractivity contribution < 1.29 is 0 Å². The SMILES string of the molecule is CSc1ncc(C=CC#N)c(NC2CCCCC2)n1. The Balaban J connectivity index is 2.19. The number of nitrogens with zero attached hydrogens (tertiary/aromatic N) is 3. The second-order valence-electron chi connectivity index (χ2n) is 4.60. The number of hydrogen-bond donors (Lipinski definition) is 1. The monoisotopic (exact) mass is 274 g/mol. The van der Waals surface area contributed by atoms with Crippen LogP contribution in [0.2, 0.25) is 0 Å². The van der Waals surface area contributed by atoms with Gasteiger partial charge in [-0.15, -0.1) is 0 Å². The van der Waals surface area contributed by atoms with Crippen molar-refractivity contribution in [2.45, 2.75) is 43.3 Å². The average Bonchev–Trinajstić information content (AvgIpc) is 2.47. The van der Waals surface area contributed by atoms with Gasteiger partial charge in [0.05, 0.1) is 6.07 Å². The number of thioether (sulfide) groups is 1. The van der Waals surface area contributed by atoms with Gasteiger partial charge in [-0.3, -0.25) is 0 Å². The Hall–Kier alpha value is -1.54. The Bertz CT molecular complexity index is 487. The van der Waals surface area contributed by atoms with E-state index in [0.717, 1.165) is 16.5 Å². The van der Waals surface area contributed by atoms with E-state index in [2.05, 4.69) is 15.3 Å². The van der Waals surface area contributed by atoms with Crippen molar-refractivity contribution >= 4 is 23.7 Å². The third-order valence-corrected chi connectivity index (χ3v) is 3.82. The lowest BCUT2D eigenvalue weighted by Crippen LogP contribution is -2.23. The minimum absolute atomic E-state index is 0.493. The molecule has 1 fully saturated rings. The van der Waals surface area contributed by atoms with Crippen LogP contribution in [0.3, 0.4) is 0 Å². The molecule has 0 aliphatic heterocycles. The molecule has 1 heterocycles. The minimum atomic E-state index is 0.493. The van der Waals surface area contributed by atoms with Crippen LogP contribution < -0.4 is 5.32 Å². The summed E-state index contributed by atoms with van der Waals surface area (Å²) in [7, 11) is 0. The van der Waals surface area contributed by atoms with E-state index in [1.165, 1.54) is 49.9 Å². The molecule has 2 rings (SSSR count). The molecule has 1 N–H and O–H groups in total. The second-order valence-corrected chi connectivity index (χ2v) is 5.38. The molecule has 1 aromatic heterocycles. The molecule has 1 aliphatic rings. The van der Waals surface area contributed by atoms with Crippen molar-refractivity contribution in [2.75, 3.05) is 11.6 Å². The summed E-state index contributed by atoms with van der Waals surface area (Å²) >= 11 is 1.53. The summed E-state index contributed by atoms with van der Waals surface area (Å²) in [5, 5.41) is 12.9. The summed E-state index contributed by atoms with van der Waals surface area (Å²) in [6.07, 6.45) is 13.2. The highest BCUT2D eigenvalue weighted by Gasteiger charge is 2.15. The van der Waals surface area contributed by atoms with Gasteiger partial charge in [0.1, 0.15) is 5.82 Å². The van der Waals surface area contributed by atoms with Gasteiger partial charge in [-0.25, -0.2) is 9.97 Å². The van der Waals surface area contributed by atoms with Crippen LogP contribution in [0.4, 0.5) is 5.82 Å². The number of aromatic nitrogens is 2. The van der Waals surface area contributed by atoms with Crippen LogP contribution in [0.1, 0.15) is 37.7 Å². The molecule has 0 aromatic carbocycles. The molecule has 0 amide bonds. The van der Waals surface area contributed by atoms with E-state index in [1.54, 1.807) is 12.3 Å². The van der Waals surface area contributed by atoms with E-state index in [-0.39, 0.29) is 0 Å². The summed E-state index contributed by atoms with van der Waals surface area (Å²) in [5.74, 6) is 0.845. The van der Waals surface area contributed by atoms with Gasteiger partial charge in [0.25, 0.3) is 0 Å². The van der Waals surface area contributed by atoms with Crippen LogP contribution >= 0.6 is 11.8 Å². The Morgan fingerprint density at radius 1 is 1.42 bits per heavy atom. The molecule has 1 aromatic rings. The highest BCUT2D eigenvalue weighted by Crippen LogP contribution is 2.24. The number of rotatable bonds is 4. The van der Waals surface area contributed by atoms with E-state index >= 15 is 0 Å². The molecule has 0 bridgehead atoms. The van der Waals surface area contributed by atoms with Crippen LogP contribution in [-0.2, 0) is 0 Å². The van der Waals surface area contributed by atoms with Crippen molar-refractivity contribution in [1.82, 2.24) is 9.97 Å². The Labute approximate surface area is 118 Å². The summed E-state index contributed by atoms with van der Waals surface area (Å²) < 4.78 is 0. The van der Waals surface area contributed by atoms with Gasteiger partial charge < -0.3 is 5.32 Å². The number of hydrogen-bond acceptors (Lipinski definition) is 5. The first-order valence-corrected chi connectivity index (χ1v) is 7.79. The van der Waals surface area contributed by atoms with Crippen LogP contribution in [0, 0.1) is 11.3 Å². The van der Waals surface area contributed by atoms with Gasteiger partial charge in [-0.2, -0.15) is 5.26 Å². The lowest BCUT2D eigenvalue weighted by molar-refractivity contribution is 0.461. The minimum Gasteiger partial charge on any atom is -0.367 e. The molecule has 0 unspecified atom stereocenters. The van der Waals surface area contributed by atoms with Gasteiger partial charge >= 0.3 is 0 Å². The predicted molar refractivity (Wildman–Crippen MR) is 79.0 cm³/mol. The van der Waals surface area contributed by atoms with Gasteiger partial charge in [-0.05, 0) is 25.2 Å². The summed E-state index contributed by atoms with van der Waals surface area (Å²) in [6.45, 7) is 0. The van der Waals surface area contributed by atoms with Crippen molar-refractivity contribution in [3.05, 3.63) is 17.8 Å². The molecule has 5 heteroatoms. The number of anilines is 1. The standard InChI is InChI=1S/C14H18N4S/c1-19-14-16-10-11(6-5-9-15)13(18-14)17-12-7-3-2-4-8-12/h5-6,10,12H,2-4,7-8H2,1H3,(H,16,17,18). The number of allylic oxidation sites excluding steroid dienone is 1. The molecule has 1 saturated carbocycles. The van der Waals surface area contributed by atoms with Crippen molar-refractivity contribution in [3.63, 3.8) is 0 Å². The summed E-state index contributed by atoms with van der Waals surface area (Å²) in [5.41, 5.74) is 0.880. The van der Waals surface area contributed by atoms with E-state index < -0.39 is 0 Å². The fourth-order valence-electron chi connectivity index (χ4n) is 2.28. The Kier molecular flexibility index (Phi) is 5.22. The van der Waals surface area contributed by atoms with E-state index in [1.807, 2.05) is 12.3 Å². The highest BCUT2D eigenvalue weighted by atomic mass is 32.2. The number of nitrogens with one attached hydrogen (secondary N) is 1. The summed E-state index contributed by atoms with van der Waals surface area (Å²) in [4.78, 5) is 8.77. The molecule has 0 radical (unpaired) electrons. The molecule has 0 atom stereocenters. The molecule has 0 spiro atoms. The Morgan fingerprint density at radius 3 is 2.89 bits per heavy atom. The summed E-state index contributed by atoms with van der Waals surface area (Å²) in [6, 6.07) is 2.50. The van der Waals surface area contributed by atoms with Crippen molar-refractivity contribution in [2.24, 2.45) is 0 Å². The highest BCUT2D eigenvalue weighted by molar-refractivity contribution is 7.98. The molecule has 4 nitrogen and oxygen atoms in total. The van der Waals surface area contributed by atoms with Crippen molar-refractivity contribution in [3.8, 4) is 6.07 Å². The Morgan fingerprint density at radius 2 is 2.21 bits per heavy atom. The average molecular weight is 274 g/mol. The first-order valence-electron chi connectivity index (χ1n) is 6.57. The maximum Gasteiger partial charge on any atom is 0.189 e. The fourth-order valence-corrected chi connectivity index (χ4v) is 2.62. The first-order chi connectivity index (χ1) is 9.33. The zero-order valence-corrected chi connectivity index (χ0v) is 11.9. The lowest BCUT2D eigenvalue weighted by Gasteiger charge is -2.24. The zero-order chi connectivity index (χ0) is 13.5.